The molecule has 0 aliphatic heterocycles. The molecule has 0 fully saturated rings. The second-order valence-corrected chi connectivity index (χ2v) is 7.79. The number of aryl methyl sites for hydroxylation is 1. The molecule has 1 aromatic carbocycles. The van der Waals surface area contributed by atoms with Crippen molar-refractivity contribution in [2.45, 2.75) is 31.7 Å². The Bertz CT molecular complexity index is 800. The summed E-state index contributed by atoms with van der Waals surface area (Å²) in [6.07, 6.45) is 6.11. The average molecular weight is 394 g/mol. The maximum atomic E-state index is 12.4. The van der Waals surface area contributed by atoms with Crippen LogP contribution >= 0.6 is 0 Å². The zero-order chi connectivity index (χ0) is 19.7. The number of carbonyl (C=O) groups is 1. The highest BCUT2D eigenvalue weighted by Crippen LogP contribution is 2.19. The van der Waals surface area contributed by atoms with E-state index < -0.39 is 10.0 Å². The molecule has 8 nitrogen and oxygen atoms in total. The molecule has 1 heterocycles. The highest BCUT2D eigenvalue weighted by Gasteiger charge is 2.21. The van der Waals surface area contributed by atoms with E-state index in [9.17, 15) is 13.2 Å². The molecule has 0 saturated heterocycles. The van der Waals surface area contributed by atoms with Crippen LogP contribution in [0.1, 0.15) is 20.3 Å². The summed E-state index contributed by atoms with van der Waals surface area (Å²) < 4.78 is 33.6. The maximum Gasteiger partial charge on any atom is 0.257 e. The number of hydrogen-bond acceptors (Lipinski definition) is 5. The van der Waals surface area contributed by atoms with Gasteiger partial charge in [-0.1, -0.05) is 13.8 Å². The molecule has 0 unspecified atom stereocenters. The monoisotopic (exact) mass is 394 g/mol. The normalized spacial score (nSPS) is 11.5. The van der Waals surface area contributed by atoms with Crippen molar-refractivity contribution in [1.82, 2.24) is 19.2 Å². The van der Waals surface area contributed by atoms with Gasteiger partial charge in [0.2, 0.25) is 10.0 Å². The average Bonchev–Trinajstić information content (AvgIpc) is 3.18. The van der Waals surface area contributed by atoms with Crippen molar-refractivity contribution in [3.8, 4) is 5.75 Å². The first-order chi connectivity index (χ1) is 13.0. The first-order valence-corrected chi connectivity index (χ1v) is 10.4. The summed E-state index contributed by atoms with van der Waals surface area (Å²) in [5, 5.41) is 2.78. The number of sulfonamides is 1. The Morgan fingerprint density at radius 2 is 1.93 bits per heavy atom. The van der Waals surface area contributed by atoms with Gasteiger partial charge in [-0.15, -0.1) is 0 Å². The summed E-state index contributed by atoms with van der Waals surface area (Å²) in [6.45, 7) is 5.63. The molecule has 1 aromatic heterocycles. The number of rotatable bonds is 11. The van der Waals surface area contributed by atoms with E-state index in [0.717, 1.165) is 13.0 Å². The third-order valence-electron chi connectivity index (χ3n) is 4.01. The predicted molar refractivity (Wildman–Crippen MR) is 102 cm³/mol. The minimum atomic E-state index is -3.49. The molecule has 0 saturated carbocycles. The van der Waals surface area contributed by atoms with Crippen molar-refractivity contribution >= 4 is 15.9 Å². The van der Waals surface area contributed by atoms with Crippen LogP contribution in [0.25, 0.3) is 0 Å². The van der Waals surface area contributed by atoms with Crippen LogP contribution in [-0.4, -0.2) is 54.4 Å². The van der Waals surface area contributed by atoms with E-state index in [1.54, 1.807) is 38.5 Å². The Labute approximate surface area is 160 Å². The number of benzene rings is 1. The fourth-order valence-electron chi connectivity index (χ4n) is 2.53. The molecular weight excluding hydrogens is 368 g/mol. The number of nitrogens with zero attached hydrogens (tertiary/aromatic N) is 3. The Hall–Kier alpha value is -2.39. The van der Waals surface area contributed by atoms with Crippen molar-refractivity contribution in [2.75, 3.05) is 26.2 Å². The molecule has 0 aliphatic rings. The molecule has 2 rings (SSSR count). The Morgan fingerprint density at radius 1 is 1.22 bits per heavy atom. The number of ether oxygens (including phenoxy) is 1. The van der Waals surface area contributed by atoms with Crippen LogP contribution in [-0.2, 0) is 21.4 Å². The number of hydrogen-bond donors (Lipinski definition) is 1. The Kier molecular flexibility index (Phi) is 7.81. The molecule has 0 radical (unpaired) electrons. The molecule has 0 aliphatic carbocycles. The lowest BCUT2D eigenvalue weighted by Gasteiger charge is -2.18. The van der Waals surface area contributed by atoms with Crippen LogP contribution in [0, 0.1) is 0 Å². The molecule has 0 bridgehead atoms. The molecule has 0 atom stereocenters. The van der Waals surface area contributed by atoms with Gasteiger partial charge in [-0.2, -0.15) is 4.31 Å². The van der Waals surface area contributed by atoms with Gasteiger partial charge < -0.3 is 14.6 Å². The maximum absolute atomic E-state index is 12.4. The summed E-state index contributed by atoms with van der Waals surface area (Å²) in [4.78, 5) is 16.0. The van der Waals surface area contributed by atoms with Gasteiger partial charge >= 0.3 is 0 Å². The van der Waals surface area contributed by atoms with Gasteiger partial charge in [-0.3, -0.25) is 4.79 Å². The van der Waals surface area contributed by atoms with Gasteiger partial charge in [0, 0.05) is 38.6 Å². The van der Waals surface area contributed by atoms with E-state index in [-0.39, 0.29) is 17.4 Å². The van der Waals surface area contributed by atoms with Crippen molar-refractivity contribution in [2.24, 2.45) is 0 Å². The Balaban J connectivity index is 1.76. The highest BCUT2D eigenvalue weighted by molar-refractivity contribution is 7.89. The topological polar surface area (TPSA) is 93.5 Å². The molecule has 0 spiro atoms. The van der Waals surface area contributed by atoms with Gasteiger partial charge in [0.15, 0.2) is 6.61 Å². The highest BCUT2D eigenvalue weighted by atomic mass is 32.2. The first-order valence-electron chi connectivity index (χ1n) is 8.92. The van der Waals surface area contributed by atoms with E-state index in [1.807, 2.05) is 10.8 Å². The Morgan fingerprint density at radius 3 is 2.52 bits per heavy atom. The van der Waals surface area contributed by atoms with Gasteiger partial charge in [0.1, 0.15) is 5.75 Å². The summed E-state index contributed by atoms with van der Waals surface area (Å²) in [5.74, 6) is 0.225. The fourth-order valence-corrected chi connectivity index (χ4v) is 3.99. The molecule has 9 heteroatoms. The summed E-state index contributed by atoms with van der Waals surface area (Å²) >= 11 is 0. The summed E-state index contributed by atoms with van der Waals surface area (Å²) in [5.41, 5.74) is 0. The number of aromatic nitrogens is 2. The molecule has 27 heavy (non-hydrogen) atoms. The lowest BCUT2D eigenvalue weighted by atomic mass is 10.3. The lowest BCUT2D eigenvalue weighted by Crippen LogP contribution is -2.30. The van der Waals surface area contributed by atoms with Gasteiger partial charge in [0.05, 0.1) is 11.2 Å². The second kappa shape index (κ2) is 10.1. The summed E-state index contributed by atoms with van der Waals surface area (Å²) in [6, 6.07) is 6.10. The number of imidazole rings is 1. The fraction of sp³-hybridized carbons (Fsp3) is 0.444. The lowest BCUT2D eigenvalue weighted by molar-refractivity contribution is -0.123. The van der Waals surface area contributed by atoms with Crippen LogP contribution in [0.15, 0.2) is 47.9 Å². The van der Waals surface area contributed by atoms with E-state index in [1.165, 1.54) is 16.4 Å². The number of amides is 1. The van der Waals surface area contributed by atoms with Crippen LogP contribution in [0.4, 0.5) is 0 Å². The largest absolute Gasteiger partial charge is 0.484 e. The summed E-state index contributed by atoms with van der Waals surface area (Å²) in [7, 11) is -3.49. The van der Waals surface area contributed by atoms with E-state index >= 15 is 0 Å². The molecule has 148 valence electrons. The van der Waals surface area contributed by atoms with Crippen LogP contribution in [0.5, 0.6) is 5.75 Å². The molecule has 2 aromatic rings. The standard InChI is InChI=1S/C18H26N4O4S/c1-3-22(4-2)27(24,25)17-8-6-16(7-9-17)26-14-18(23)20-10-5-12-21-13-11-19-15-21/h6-9,11,13,15H,3-5,10,12,14H2,1-2H3,(H,20,23). The van der Waals surface area contributed by atoms with Crippen LogP contribution in [0.3, 0.4) is 0 Å². The van der Waals surface area contributed by atoms with Gasteiger partial charge in [0.25, 0.3) is 5.91 Å². The van der Waals surface area contributed by atoms with E-state index in [2.05, 4.69) is 10.3 Å². The second-order valence-electron chi connectivity index (χ2n) is 5.85. The van der Waals surface area contributed by atoms with E-state index in [4.69, 9.17) is 4.74 Å². The smallest absolute Gasteiger partial charge is 0.257 e. The molecule has 1 amide bonds. The zero-order valence-electron chi connectivity index (χ0n) is 15.7. The third kappa shape index (κ3) is 6.07. The van der Waals surface area contributed by atoms with Gasteiger partial charge in [-0.25, -0.2) is 13.4 Å². The van der Waals surface area contributed by atoms with Gasteiger partial charge in [-0.05, 0) is 30.7 Å². The predicted octanol–water partition coefficient (Wildman–Crippen LogP) is 1.50. The van der Waals surface area contributed by atoms with E-state index in [0.29, 0.717) is 25.4 Å². The SMILES string of the molecule is CCN(CC)S(=O)(=O)c1ccc(OCC(=O)NCCCn2ccnc2)cc1. The first kappa shape index (κ1) is 20.9. The number of carbonyl (C=O) groups excluding carboxylic acids is 1. The quantitative estimate of drug-likeness (QED) is 0.583. The minimum absolute atomic E-state index is 0.118. The minimum Gasteiger partial charge on any atom is -0.484 e. The van der Waals surface area contributed by atoms with Crippen molar-refractivity contribution in [3.05, 3.63) is 43.0 Å². The molecule has 1 N–H and O–H groups in total. The number of nitrogens with one attached hydrogen (secondary N) is 1. The zero-order valence-corrected chi connectivity index (χ0v) is 16.5. The van der Waals surface area contributed by atoms with Crippen molar-refractivity contribution in [3.63, 3.8) is 0 Å². The van der Waals surface area contributed by atoms with Crippen LogP contribution < -0.4 is 10.1 Å². The third-order valence-corrected chi connectivity index (χ3v) is 6.08. The molecular formula is C18H26N4O4S. The van der Waals surface area contributed by atoms with Crippen LogP contribution in [0.2, 0.25) is 0 Å². The van der Waals surface area contributed by atoms with Crippen molar-refractivity contribution in [1.29, 1.82) is 0 Å². The van der Waals surface area contributed by atoms with Crippen molar-refractivity contribution < 1.29 is 17.9 Å².